The first kappa shape index (κ1) is 16.2. The van der Waals surface area contributed by atoms with Crippen LogP contribution in [0.25, 0.3) is 0 Å². The molecule has 2 rings (SSSR count). The number of rotatable bonds is 5. The van der Waals surface area contributed by atoms with Gasteiger partial charge in [-0.25, -0.2) is 0 Å². The van der Waals surface area contributed by atoms with Crippen molar-refractivity contribution < 1.29 is 0 Å². The molecule has 0 spiro atoms. The van der Waals surface area contributed by atoms with E-state index in [0.29, 0.717) is 6.54 Å². The van der Waals surface area contributed by atoms with Crippen LogP contribution in [0.3, 0.4) is 0 Å². The van der Waals surface area contributed by atoms with Crippen LogP contribution in [0.4, 0.5) is 5.69 Å². The van der Waals surface area contributed by atoms with E-state index in [1.54, 1.807) is 11.8 Å². The summed E-state index contributed by atoms with van der Waals surface area (Å²) in [6.07, 6.45) is 2.08. The lowest BCUT2D eigenvalue weighted by Gasteiger charge is -2.30. The lowest BCUT2D eigenvalue weighted by atomic mass is 10.0. The minimum absolute atomic E-state index is 0.182. The van der Waals surface area contributed by atoms with Crippen LogP contribution in [0, 0.1) is 0 Å². The summed E-state index contributed by atoms with van der Waals surface area (Å²) in [5, 5.41) is 0.798. The van der Waals surface area contributed by atoms with E-state index in [9.17, 15) is 0 Å². The molecule has 0 saturated carbocycles. The van der Waals surface area contributed by atoms with Gasteiger partial charge in [0.25, 0.3) is 0 Å². The molecule has 2 aromatic carbocycles. The molecule has 0 aliphatic rings. The Hall–Kier alpha value is -1.16. The molecule has 0 bridgehead atoms. The molecule has 1 unspecified atom stereocenters. The Labute approximate surface area is 136 Å². The maximum Gasteiger partial charge on any atom is 0.0525 e. The van der Waals surface area contributed by atoms with E-state index >= 15 is 0 Å². The molecule has 2 N–H and O–H groups in total. The molecule has 0 heterocycles. The van der Waals surface area contributed by atoms with E-state index in [4.69, 9.17) is 17.3 Å². The topological polar surface area (TPSA) is 29.3 Å². The number of nitrogens with zero attached hydrogens (tertiary/aromatic N) is 1. The summed E-state index contributed by atoms with van der Waals surface area (Å²) in [5.41, 5.74) is 9.44. The molecule has 0 amide bonds. The summed E-state index contributed by atoms with van der Waals surface area (Å²) < 4.78 is 0. The van der Waals surface area contributed by atoms with E-state index in [1.165, 1.54) is 10.5 Å². The standard InChI is InChI=1S/C17H21ClN2S/c1-12(13-7-4-5-8-15(13)18)20(2)16-9-6-10-17(21-3)14(16)11-19/h4-10,12H,11,19H2,1-3H3. The summed E-state index contributed by atoms with van der Waals surface area (Å²) in [6.45, 7) is 2.69. The summed E-state index contributed by atoms with van der Waals surface area (Å²) in [7, 11) is 2.09. The zero-order valence-electron chi connectivity index (χ0n) is 12.6. The predicted octanol–water partition coefficient (Wildman–Crippen LogP) is 4.72. The molecule has 0 aliphatic heterocycles. The second kappa shape index (κ2) is 7.21. The highest BCUT2D eigenvalue weighted by molar-refractivity contribution is 7.98. The highest BCUT2D eigenvalue weighted by Gasteiger charge is 2.18. The molecule has 4 heteroatoms. The summed E-state index contributed by atoms with van der Waals surface area (Å²) in [4.78, 5) is 3.47. The van der Waals surface area contributed by atoms with E-state index in [-0.39, 0.29) is 6.04 Å². The number of anilines is 1. The Morgan fingerprint density at radius 3 is 2.52 bits per heavy atom. The van der Waals surface area contributed by atoms with E-state index in [2.05, 4.69) is 49.4 Å². The van der Waals surface area contributed by atoms with E-state index in [1.807, 2.05) is 18.2 Å². The Balaban J connectivity index is 2.40. The normalized spacial score (nSPS) is 12.2. The van der Waals surface area contributed by atoms with Crippen molar-refractivity contribution in [1.29, 1.82) is 0 Å². The van der Waals surface area contributed by atoms with Crippen LogP contribution in [-0.4, -0.2) is 13.3 Å². The number of thioether (sulfide) groups is 1. The third kappa shape index (κ3) is 3.37. The third-order valence-corrected chi connectivity index (χ3v) is 5.02. The van der Waals surface area contributed by atoms with Crippen LogP contribution in [0.2, 0.25) is 5.02 Å². The lowest BCUT2D eigenvalue weighted by Crippen LogP contribution is -2.24. The maximum absolute atomic E-state index is 6.33. The largest absolute Gasteiger partial charge is 0.367 e. The van der Waals surface area contributed by atoms with E-state index < -0.39 is 0 Å². The van der Waals surface area contributed by atoms with Gasteiger partial charge < -0.3 is 10.6 Å². The number of benzene rings is 2. The molecular weight excluding hydrogens is 300 g/mol. The van der Waals surface area contributed by atoms with Crippen molar-refractivity contribution in [2.24, 2.45) is 5.73 Å². The molecular formula is C17H21ClN2S. The number of halogens is 1. The third-order valence-electron chi connectivity index (χ3n) is 3.85. The van der Waals surface area contributed by atoms with Gasteiger partial charge >= 0.3 is 0 Å². The SMILES string of the molecule is CSc1cccc(N(C)C(C)c2ccccc2Cl)c1CN. The summed E-state index contributed by atoms with van der Waals surface area (Å²) in [5.74, 6) is 0. The fraction of sp³-hybridized carbons (Fsp3) is 0.294. The average Bonchev–Trinajstić information content (AvgIpc) is 2.53. The van der Waals surface area contributed by atoms with Gasteiger partial charge in [-0.05, 0) is 36.9 Å². The minimum atomic E-state index is 0.182. The molecule has 1 atom stereocenters. The van der Waals surface area contributed by atoms with E-state index in [0.717, 1.165) is 16.3 Å². The van der Waals surface area contributed by atoms with Crippen LogP contribution in [0.1, 0.15) is 24.1 Å². The fourth-order valence-electron chi connectivity index (χ4n) is 2.51. The highest BCUT2D eigenvalue weighted by Crippen LogP contribution is 2.34. The van der Waals surface area contributed by atoms with Crippen molar-refractivity contribution >= 4 is 29.1 Å². The van der Waals surface area contributed by atoms with Gasteiger partial charge in [0, 0.05) is 34.8 Å². The first-order valence-electron chi connectivity index (χ1n) is 6.93. The molecule has 112 valence electrons. The molecule has 0 saturated heterocycles. The predicted molar refractivity (Wildman–Crippen MR) is 94.4 cm³/mol. The highest BCUT2D eigenvalue weighted by atomic mass is 35.5. The van der Waals surface area contributed by atoms with Crippen LogP contribution in [0.5, 0.6) is 0 Å². The zero-order chi connectivity index (χ0) is 15.4. The Morgan fingerprint density at radius 2 is 1.90 bits per heavy atom. The quantitative estimate of drug-likeness (QED) is 0.808. The Kier molecular flexibility index (Phi) is 5.57. The molecule has 0 aromatic heterocycles. The van der Waals surface area contributed by atoms with Gasteiger partial charge in [0.15, 0.2) is 0 Å². The number of hydrogen-bond donors (Lipinski definition) is 1. The summed E-state index contributed by atoms with van der Waals surface area (Å²) >= 11 is 8.06. The van der Waals surface area contributed by atoms with Crippen LogP contribution in [0.15, 0.2) is 47.4 Å². The average molecular weight is 321 g/mol. The Bertz CT molecular complexity index is 615. The number of hydrogen-bond acceptors (Lipinski definition) is 3. The molecule has 2 nitrogen and oxygen atoms in total. The second-order valence-corrected chi connectivity index (χ2v) is 6.23. The molecule has 0 fully saturated rings. The first-order chi connectivity index (χ1) is 10.1. The molecule has 0 aliphatic carbocycles. The van der Waals surface area contributed by atoms with Crippen molar-refractivity contribution in [2.75, 3.05) is 18.2 Å². The Morgan fingerprint density at radius 1 is 1.19 bits per heavy atom. The van der Waals surface area contributed by atoms with Crippen molar-refractivity contribution in [1.82, 2.24) is 0 Å². The van der Waals surface area contributed by atoms with Crippen LogP contribution >= 0.6 is 23.4 Å². The van der Waals surface area contributed by atoms with Gasteiger partial charge in [0.2, 0.25) is 0 Å². The smallest absolute Gasteiger partial charge is 0.0525 e. The van der Waals surface area contributed by atoms with Crippen LogP contribution < -0.4 is 10.6 Å². The van der Waals surface area contributed by atoms with Crippen LogP contribution in [-0.2, 0) is 6.54 Å². The van der Waals surface area contributed by atoms with Crippen molar-refractivity contribution in [3.05, 3.63) is 58.6 Å². The number of nitrogens with two attached hydrogens (primary N) is 1. The molecule has 0 radical (unpaired) electrons. The molecule has 21 heavy (non-hydrogen) atoms. The van der Waals surface area contributed by atoms with Gasteiger partial charge in [-0.3, -0.25) is 0 Å². The minimum Gasteiger partial charge on any atom is -0.367 e. The maximum atomic E-state index is 6.33. The van der Waals surface area contributed by atoms with Crippen molar-refractivity contribution in [3.63, 3.8) is 0 Å². The monoisotopic (exact) mass is 320 g/mol. The van der Waals surface area contributed by atoms with Gasteiger partial charge in [-0.2, -0.15) is 0 Å². The first-order valence-corrected chi connectivity index (χ1v) is 8.53. The van der Waals surface area contributed by atoms with Gasteiger partial charge in [0.1, 0.15) is 0 Å². The molecule has 2 aromatic rings. The summed E-state index contributed by atoms with van der Waals surface area (Å²) in [6, 6.07) is 14.5. The fourth-order valence-corrected chi connectivity index (χ4v) is 3.45. The van der Waals surface area contributed by atoms with Gasteiger partial charge in [-0.1, -0.05) is 35.9 Å². The van der Waals surface area contributed by atoms with Crippen molar-refractivity contribution in [3.8, 4) is 0 Å². The second-order valence-electron chi connectivity index (χ2n) is 4.97. The zero-order valence-corrected chi connectivity index (χ0v) is 14.2. The lowest BCUT2D eigenvalue weighted by molar-refractivity contribution is 0.733. The van der Waals surface area contributed by atoms with Crippen molar-refractivity contribution in [2.45, 2.75) is 24.4 Å². The van der Waals surface area contributed by atoms with Gasteiger partial charge in [-0.15, -0.1) is 11.8 Å². The van der Waals surface area contributed by atoms with Gasteiger partial charge in [0.05, 0.1) is 6.04 Å².